The van der Waals surface area contributed by atoms with E-state index in [1.54, 1.807) is 36.4 Å². The van der Waals surface area contributed by atoms with Gasteiger partial charge in [-0.25, -0.2) is 4.79 Å². The second kappa shape index (κ2) is 10.1. The fraction of sp³-hybridized carbons (Fsp3) is 0.375. The van der Waals surface area contributed by atoms with Gasteiger partial charge in [0.25, 0.3) is 5.91 Å². The largest absolute Gasteiger partial charge is 0.449 e. The van der Waals surface area contributed by atoms with Crippen LogP contribution in [0.4, 0.5) is 11.4 Å². The molecule has 1 fully saturated rings. The predicted octanol–water partition coefficient (Wildman–Crippen LogP) is 4.88. The van der Waals surface area contributed by atoms with Crippen molar-refractivity contribution in [1.82, 2.24) is 0 Å². The quantitative estimate of drug-likeness (QED) is 0.668. The molecule has 158 valence electrons. The molecule has 2 aromatic carbocycles. The monoisotopic (exact) mass is 408 g/mol. The first-order chi connectivity index (χ1) is 14.4. The molecular formula is C24H28N2O4. The average molecular weight is 408 g/mol. The van der Waals surface area contributed by atoms with Gasteiger partial charge in [-0.15, -0.1) is 0 Å². The molecule has 1 saturated carbocycles. The van der Waals surface area contributed by atoms with Crippen molar-refractivity contribution in [3.8, 4) is 0 Å². The van der Waals surface area contributed by atoms with Gasteiger partial charge in [0, 0.05) is 18.3 Å². The summed E-state index contributed by atoms with van der Waals surface area (Å²) >= 11 is 0. The van der Waals surface area contributed by atoms with Crippen LogP contribution in [0, 0.1) is 0 Å². The molecule has 0 unspecified atom stereocenters. The van der Waals surface area contributed by atoms with Crippen molar-refractivity contribution < 1.29 is 19.1 Å². The molecule has 0 spiro atoms. The summed E-state index contributed by atoms with van der Waals surface area (Å²) in [6.45, 7) is 2.96. The van der Waals surface area contributed by atoms with E-state index in [2.05, 4.69) is 10.6 Å². The van der Waals surface area contributed by atoms with E-state index in [-0.39, 0.29) is 5.91 Å². The Morgan fingerprint density at radius 3 is 2.00 bits per heavy atom. The summed E-state index contributed by atoms with van der Waals surface area (Å²) in [4.78, 5) is 35.8. The predicted molar refractivity (Wildman–Crippen MR) is 117 cm³/mol. The number of benzene rings is 2. The minimum absolute atomic E-state index is 0.168. The molecular weight excluding hydrogens is 380 g/mol. The zero-order valence-electron chi connectivity index (χ0n) is 17.4. The number of ether oxygens (including phenoxy) is 1. The lowest BCUT2D eigenvalue weighted by molar-refractivity contribution is -0.123. The van der Waals surface area contributed by atoms with Gasteiger partial charge in [-0.1, -0.05) is 31.4 Å². The highest BCUT2D eigenvalue weighted by Gasteiger charge is 2.20. The Kier molecular flexibility index (Phi) is 7.22. The molecule has 1 aliphatic carbocycles. The summed E-state index contributed by atoms with van der Waals surface area (Å²) in [5.41, 5.74) is 2.89. The van der Waals surface area contributed by atoms with Gasteiger partial charge in [0.05, 0.1) is 5.56 Å². The lowest BCUT2D eigenvalue weighted by Gasteiger charge is -2.22. The first-order valence-corrected chi connectivity index (χ1v) is 10.4. The molecule has 1 aliphatic rings. The van der Waals surface area contributed by atoms with E-state index in [0.717, 1.165) is 0 Å². The van der Waals surface area contributed by atoms with Gasteiger partial charge < -0.3 is 15.4 Å². The molecule has 3 rings (SSSR count). The number of rotatable bonds is 6. The molecule has 0 aromatic heterocycles. The standard InChI is InChI=1S/C24H28N2O4/c1-16(23(28)26-22-14-12-21(13-15-22)25-17(2)27)30-24(29)20-10-8-19(9-11-20)18-6-4-3-5-7-18/h8-16,18H,3-7H2,1-2H3,(H,25,27)(H,26,28)/t16-/m0/s1. The molecule has 1 atom stereocenters. The third-order valence-corrected chi connectivity index (χ3v) is 5.35. The van der Waals surface area contributed by atoms with Crippen molar-refractivity contribution in [2.75, 3.05) is 10.6 Å². The fourth-order valence-electron chi connectivity index (χ4n) is 3.69. The number of hydrogen-bond donors (Lipinski definition) is 2. The van der Waals surface area contributed by atoms with E-state index in [0.29, 0.717) is 22.9 Å². The molecule has 30 heavy (non-hydrogen) atoms. The van der Waals surface area contributed by atoms with Gasteiger partial charge >= 0.3 is 5.97 Å². The zero-order chi connectivity index (χ0) is 21.5. The van der Waals surface area contributed by atoms with Crippen LogP contribution in [-0.4, -0.2) is 23.9 Å². The van der Waals surface area contributed by atoms with Gasteiger partial charge in [-0.3, -0.25) is 9.59 Å². The average Bonchev–Trinajstić information content (AvgIpc) is 2.75. The first-order valence-electron chi connectivity index (χ1n) is 10.4. The Morgan fingerprint density at radius 2 is 1.43 bits per heavy atom. The third-order valence-electron chi connectivity index (χ3n) is 5.35. The maximum Gasteiger partial charge on any atom is 0.338 e. The molecule has 2 amide bonds. The Bertz CT molecular complexity index is 884. The van der Waals surface area contributed by atoms with E-state index in [1.807, 2.05) is 12.1 Å². The van der Waals surface area contributed by atoms with Gasteiger partial charge in [0.15, 0.2) is 6.10 Å². The van der Waals surface area contributed by atoms with Crippen LogP contribution in [-0.2, 0) is 14.3 Å². The van der Waals surface area contributed by atoms with Crippen LogP contribution in [0.5, 0.6) is 0 Å². The number of esters is 1. The van der Waals surface area contributed by atoms with Gasteiger partial charge in [-0.2, -0.15) is 0 Å². The summed E-state index contributed by atoms with van der Waals surface area (Å²) in [7, 11) is 0. The SMILES string of the molecule is CC(=O)Nc1ccc(NC(=O)[C@H](C)OC(=O)c2ccc(C3CCCCC3)cc2)cc1. The van der Waals surface area contributed by atoms with E-state index < -0.39 is 18.0 Å². The van der Waals surface area contributed by atoms with Crippen molar-refractivity contribution >= 4 is 29.2 Å². The van der Waals surface area contributed by atoms with Crippen LogP contribution in [0.25, 0.3) is 0 Å². The molecule has 6 nitrogen and oxygen atoms in total. The van der Waals surface area contributed by atoms with Crippen molar-refractivity contribution in [3.63, 3.8) is 0 Å². The van der Waals surface area contributed by atoms with Crippen molar-refractivity contribution in [2.24, 2.45) is 0 Å². The highest BCUT2D eigenvalue weighted by Crippen LogP contribution is 2.32. The Hall–Kier alpha value is -3.15. The molecule has 6 heteroatoms. The van der Waals surface area contributed by atoms with Crippen LogP contribution in [0.1, 0.15) is 67.8 Å². The number of nitrogens with one attached hydrogen (secondary N) is 2. The molecule has 2 N–H and O–H groups in total. The van der Waals surface area contributed by atoms with E-state index in [4.69, 9.17) is 4.74 Å². The lowest BCUT2D eigenvalue weighted by atomic mass is 9.84. The van der Waals surface area contributed by atoms with Gasteiger partial charge in [0.2, 0.25) is 5.91 Å². The molecule has 0 aliphatic heterocycles. The number of anilines is 2. The van der Waals surface area contributed by atoms with Crippen molar-refractivity contribution in [1.29, 1.82) is 0 Å². The number of amides is 2. The number of carbonyl (C=O) groups is 3. The Labute approximate surface area is 177 Å². The Balaban J connectivity index is 1.52. The lowest BCUT2D eigenvalue weighted by Crippen LogP contribution is -2.30. The second-order valence-electron chi connectivity index (χ2n) is 7.75. The molecule has 2 aromatic rings. The van der Waals surface area contributed by atoms with E-state index in [9.17, 15) is 14.4 Å². The van der Waals surface area contributed by atoms with Crippen molar-refractivity contribution in [2.45, 2.75) is 58.0 Å². The van der Waals surface area contributed by atoms with Crippen LogP contribution >= 0.6 is 0 Å². The summed E-state index contributed by atoms with van der Waals surface area (Å²) in [6, 6.07) is 14.2. The fourth-order valence-corrected chi connectivity index (χ4v) is 3.69. The van der Waals surface area contributed by atoms with Crippen LogP contribution in [0.15, 0.2) is 48.5 Å². The van der Waals surface area contributed by atoms with E-state index in [1.165, 1.54) is 51.5 Å². The minimum Gasteiger partial charge on any atom is -0.449 e. The van der Waals surface area contributed by atoms with Crippen LogP contribution < -0.4 is 10.6 Å². The summed E-state index contributed by atoms with van der Waals surface area (Å²) in [5, 5.41) is 5.36. The normalized spacial score (nSPS) is 15.1. The minimum atomic E-state index is -0.939. The Morgan fingerprint density at radius 1 is 0.867 bits per heavy atom. The molecule has 0 saturated heterocycles. The van der Waals surface area contributed by atoms with Gasteiger partial charge in [0.1, 0.15) is 0 Å². The molecule has 0 heterocycles. The summed E-state index contributed by atoms with van der Waals surface area (Å²) in [6.07, 6.45) is 5.29. The smallest absolute Gasteiger partial charge is 0.338 e. The number of hydrogen-bond acceptors (Lipinski definition) is 4. The first kappa shape index (κ1) is 21.6. The topological polar surface area (TPSA) is 84.5 Å². The van der Waals surface area contributed by atoms with E-state index >= 15 is 0 Å². The number of carbonyl (C=O) groups excluding carboxylic acids is 3. The van der Waals surface area contributed by atoms with Crippen LogP contribution in [0.3, 0.4) is 0 Å². The highest BCUT2D eigenvalue weighted by molar-refractivity contribution is 5.97. The maximum atomic E-state index is 12.4. The maximum absolute atomic E-state index is 12.4. The zero-order valence-corrected chi connectivity index (χ0v) is 17.4. The second-order valence-corrected chi connectivity index (χ2v) is 7.75. The third kappa shape index (κ3) is 5.92. The van der Waals surface area contributed by atoms with Crippen LogP contribution in [0.2, 0.25) is 0 Å². The molecule has 0 radical (unpaired) electrons. The molecule has 0 bridgehead atoms. The highest BCUT2D eigenvalue weighted by atomic mass is 16.5. The van der Waals surface area contributed by atoms with Gasteiger partial charge in [-0.05, 0) is 67.6 Å². The summed E-state index contributed by atoms with van der Waals surface area (Å²) < 4.78 is 5.32. The summed E-state index contributed by atoms with van der Waals surface area (Å²) in [5.74, 6) is -0.534. The van der Waals surface area contributed by atoms with Crippen molar-refractivity contribution in [3.05, 3.63) is 59.7 Å².